The predicted octanol–water partition coefficient (Wildman–Crippen LogP) is 1.58. The smallest absolute Gasteiger partial charge is 0.141 e. The molecule has 0 aromatic carbocycles. The molecule has 0 aliphatic carbocycles. The fraction of sp³-hybridized carbons (Fsp3) is 0.125. The van der Waals surface area contributed by atoms with Gasteiger partial charge in [-0.3, -0.25) is 0 Å². The van der Waals surface area contributed by atoms with Crippen molar-refractivity contribution in [2.24, 2.45) is 0 Å². The van der Waals surface area contributed by atoms with Crippen LogP contribution in [-0.4, -0.2) is 9.55 Å². The number of thiophene rings is 1. The second-order valence-electron chi connectivity index (χ2n) is 2.55. The molecule has 0 aliphatic rings. The standard InChI is InChI=1S/C8H9N3S/c9-8-5-11(6-10-8)4-7-2-1-3-12-7/h1-3,5-6H,4,9H2. The molecule has 2 N–H and O–H groups in total. The number of anilines is 1. The van der Waals surface area contributed by atoms with E-state index in [-0.39, 0.29) is 0 Å². The Morgan fingerprint density at radius 2 is 2.50 bits per heavy atom. The van der Waals surface area contributed by atoms with Gasteiger partial charge in [-0.2, -0.15) is 0 Å². The Hall–Kier alpha value is -1.29. The molecule has 0 amide bonds. The third kappa shape index (κ3) is 1.48. The summed E-state index contributed by atoms with van der Waals surface area (Å²) in [5.74, 6) is 0.576. The van der Waals surface area contributed by atoms with Gasteiger partial charge in [0.05, 0.1) is 12.9 Å². The second kappa shape index (κ2) is 2.98. The van der Waals surface area contributed by atoms with Crippen molar-refractivity contribution < 1.29 is 0 Å². The van der Waals surface area contributed by atoms with E-state index in [1.807, 2.05) is 16.8 Å². The van der Waals surface area contributed by atoms with Crippen LogP contribution in [0.2, 0.25) is 0 Å². The van der Waals surface area contributed by atoms with Gasteiger partial charge in [0.25, 0.3) is 0 Å². The quantitative estimate of drug-likeness (QED) is 0.760. The number of imidazole rings is 1. The van der Waals surface area contributed by atoms with Gasteiger partial charge in [-0.25, -0.2) is 4.98 Å². The van der Waals surface area contributed by atoms with E-state index < -0.39 is 0 Å². The summed E-state index contributed by atoms with van der Waals surface area (Å²) in [4.78, 5) is 5.25. The lowest BCUT2D eigenvalue weighted by Gasteiger charge is -1.96. The van der Waals surface area contributed by atoms with Crippen molar-refractivity contribution in [3.05, 3.63) is 34.9 Å². The highest BCUT2D eigenvalue weighted by Crippen LogP contribution is 2.10. The second-order valence-corrected chi connectivity index (χ2v) is 3.58. The van der Waals surface area contributed by atoms with Crippen molar-refractivity contribution in [1.29, 1.82) is 0 Å². The van der Waals surface area contributed by atoms with Gasteiger partial charge < -0.3 is 10.3 Å². The lowest BCUT2D eigenvalue weighted by Crippen LogP contribution is -1.93. The Morgan fingerprint density at radius 3 is 3.08 bits per heavy atom. The summed E-state index contributed by atoms with van der Waals surface area (Å²) < 4.78 is 1.97. The minimum absolute atomic E-state index is 0.576. The van der Waals surface area contributed by atoms with E-state index in [0.717, 1.165) is 6.54 Å². The third-order valence-electron chi connectivity index (χ3n) is 1.57. The van der Waals surface area contributed by atoms with Crippen molar-refractivity contribution in [2.75, 3.05) is 5.73 Å². The third-order valence-corrected chi connectivity index (χ3v) is 2.43. The summed E-state index contributed by atoms with van der Waals surface area (Å²) in [6, 6.07) is 4.14. The summed E-state index contributed by atoms with van der Waals surface area (Å²) in [7, 11) is 0. The normalized spacial score (nSPS) is 10.3. The first kappa shape index (κ1) is 7.36. The molecule has 4 heteroatoms. The van der Waals surface area contributed by atoms with E-state index in [2.05, 4.69) is 16.4 Å². The lowest BCUT2D eigenvalue weighted by molar-refractivity contribution is 0.810. The predicted molar refractivity (Wildman–Crippen MR) is 50.1 cm³/mol. The first-order valence-corrected chi connectivity index (χ1v) is 4.52. The Morgan fingerprint density at radius 1 is 1.58 bits per heavy atom. The van der Waals surface area contributed by atoms with Gasteiger partial charge in [-0.15, -0.1) is 11.3 Å². The molecular weight excluding hydrogens is 170 g/mol. The molecule has 2 aromatic heterocycles. The number of nitrogen functional groups attached to an aromatic ring is 1. The van der Waals surface area contributed by atoms with Gasteiger partial charge in [-0.1, -0.05) is 6.07 Å². The number of aromatic nitrogens is 2. The molecule has 0 saturated heterocycles. The SMILES string of the molecule is Nc1cn(Cc2cccs2)cn1. The van der Waals surface area contributed by atoms with Gasteiger partial charge in [0, 0.05) is 11.1 Å². The first-order valence-electron chi connectivity index (χ1n) is 3.64. The number of nitrogens with zero attached hydrogens (tertiary/aromatic N) is 2. The first-order chi connectivity index (χ1) is 5.84. The molecule has 0 saturated carbocycles. The highest BCUT2D eigenvalue weighted by atomic mass is 32.1. The highest BCUT2D eigenvalue weighted by Gasteiger charge is 1.96. The van der Waals surface area contributed by atoms with Crippen LogP contribution in [0.4, 0.5) is 5.82 Å². The average molecular weight is 179 g/mol. The summed E-state index contributed by atoms with van der Waals surface area (Å²) in [5, 5.41) is 2.07. The van der Waals surface area contributed by atoms with Crippen molar-refractivity contribution in [3.63, 3.8) is 0 Å². The van der Waals surface area contributed by atoms with E-state index in [4.69, 9.17) is 5.73 Å². The zero-order valence-electron chi connectivity index (χ0n) is 6.47. The Kier molecular flexibility index (Phi) is 1.83. The van der Waals surface area contributed by atoms with Crippen LogP contribution in [-0.2, 0) is 6.54 Å². The molecule has 0 radical (unpaired) electrons. The summed E-state index contributed by atoms with van der Waals surface area (Å²) in [5.41, 5.74) is 5.48. The van der Waals surface area contributed by atoms with E-state index >= 15 is 0 Å². The lowest BCUT2D eigenvalue weighted by atomic mass is 10.5. The monoisotopic (exact) mass is 179 g/mol. The fourth-order valence-electron chi connectivity index (χ4n) is 1.05. The number of hydrogen-bond acceptors (Lipinski definition) is 3. The Balaban J connectivity index is 2.14. The highest BCUT2D eigenvalue weighted by molar-refractivity contribution is 7.09. The summed E-state index contributed by atoms with van der Waals surface area (Å²) >= 11 is 1.74. The zero-order chi connectivity index (χ0) is 8.39. The summed E-state index contributed by atoms with van der Waals surface area (Å²) in [6.07, 6.45) is 3.58. The molecule has 0 spiro atoms. The summed E-state index contributed by atoms with van der Waals surface area (Å²) in [6.45, 7) is 0.863. The minimum atomic E-state index is 0.576. The Bertz CT molecular complexity index is 350. The number of rotatable bonds is 2. The van der Waals surface area contributed by atoms with E-state index in [0.29, 0.717) is 5.82 Å². The average Bonchev–Trinajstić information content (AvgIpc) is 2.63. The minimum Gasteiger partial charge on any atom is -0.382 e. The van der Waals surface area contributed by atoms with E-state index in [1.165, 1.54) is 4.88 Å². The van der Waals surface area contributed by atoms with Crippen molar-refractivity contribution in [1.82, 2.24) is 9.55 Å². The van der Waals surface area contributed by atoms with E-state index in [9.17, 15) is 0 Å². The Labute approximate surface area is 74.5 Å². The molecular formula is C8H9N3S. The van der Waals surface area contributed by atoms with Crippen LogP contribution in [0.25, 0.3) is 0 Å². The molecule has 12 heavy (non-hydrogen) atoms. The maximum Gasteiger partial charge on any atom is 0.141 e. The molecule has 0 atom stereocenters. The van der Waals surface area contributed by atoms with Crippen LogP contribution in [0.1, 0.15) is 4.88 Å². The van der Waals surface area contributed by atoms with Gasteiger partial charge in [0.15, 0.2) is 0 Å². The molecule has 0 bridgehead atoms. The van der Waals surface area contributed by atoms with Crippen molar-refractivity contribution in [3.8, 4) is 0 Å². The number of nitrogens with two attached hydrogens (primary N) is 1. The number of hydrogen-bond donors (Lipinski definition) is 1. The molecule has 0 unspecified atom stereocenters. The van der Waals surface area contributed by atoms with Gasteiger partial charge in [0.1, 0.15) is 5.82 Å². The molecule has 3 nitrogen and oxygen atoms in total. The van der Waals surface area contributed by atoms with Crippen LogP contribution in [0, 0.1) is 0 Å². The van der Waals surface area contributed by atoms with Gasteiger partial charge in [-0.05, 0) is 11.4 Å². The molecule has 2 heterocycles. The fourth-order valence-corrected chi connectivity index (χ4v) is 1.76. The topological polar surface area (TPSA) is 43.8 Å². The largest absolute Gasteiger partial charge is 0.382 e. The maximum atomic E-state index is 5.48. The molecule has 0 fully saturated rings. The van der Waals surface area contributed by atoms with Crippen molar-refractivity contribution in [2.45, 2.75) is 6.54 Å². The maximum absolute atomic E-state index is 5.48. The van der Waals surface area contributed by atoms with Crippen LogP contribution in [0.5, 0.6) is 0 Å². The van der Waals surface area contributed by atoms with Crippen LogP contribution in [0.15, 0.2) is 30.0 Å². The van der Waals surface area contributed by atoms with Gasteiger partial charge >= 0.3 is 0 Å². The van der Waals surface area contributed by atoms with Gasteiger partial charge in [0.2, 0.25) is 0 Å². The van der Waals surface area contributed by atoms with Crippen molar-refractivity contribution >= 4 is 17.2 Å². The van der Waals surface area contributed by atoms with E-state index in [1.54, 1.807) is 17.7 Å². The molecule has 0 aliphatic heterocycles. The molecule has 62 valence electrons. The molecule has 2 rings (SSSR count). The zero-order valence-corrected chi connectivity index (χ0v) is 7.29. The van der Waals surface area contributed by atoms with Crippen LogP contribution < -0.4 is 5.73 Å². The van der Waals surface area contributed by atoms with Crippen LogP contribution >= 0.6 is 11.3 Å². The van der Waals surface area contributed by atoms with Crippen LogP contribution in [0.3, 0.4) is 0 Å². The molecule has 2 aromatic rings.